The van der Waals surface area contributed by atoms with Gasteiger partial charge in [0, 0.05) is 24.3 Å². The Balaban J connectivity index is 1.95. The lowest BCUT2D eigenvalue weighted by atomic mass is 9.53. The van der Waals surface area contributed by atoms with Crippen molar-refractivity contribution in [3.8, 4) is 0 Å². The summed E-state index contributed by atoms with van der Waals surface area (Å²) in [6, 6.07) is -1.01. The van der Waals surface area contributed by atoms with Crippen LogP contribution in [0.15, 0.2) is 23.8 Å². The monoisotopic (exact) mass is 429 g/mol. The lowest BCUT2D eigenvalue weighted by Crippen LogP contribution is -2.50. The number of hydrogen-bond acceptors (Lipinski definition) is 5. The molecule has 0 aromatic carbocycles. The molecule has 2 saturated carbocycles. The third-order valence-electron chi connectivity index (χ3n) is 8.84. The number of aliphatic hydroxyl groups excluding tert-OH is 2. The summed E-state index contributed by atoms with van der Waals surface area (Å²) < 4.78 is 0. The van der Waals surface area contributed by atoms with Gasteiger partial charge < -0.3 is 15.1 Å². The van der Waals surface area contributed by atoms with Crippen molar-refractivity contribution in [2.24, 2.45) is 40.4 Å². The Morgan fingerprint density at radius 1 is 1.29 bits per heavy atom. The van der Waals surface area contributed by atoms with E-state index in [1.54, 1.807) is 19.1 Å². The molecule has 1 saturated heterocycles. The molecule has 1 heterocycles. The van der Waals surface area contributed by atoms with E-state index in [4.69, 9.17) is 0 Å². The van der Waals surface area contributed by atoms with Crippen molar-refractivity contribution in [3.05, 3.63) is 23.8 Å². The summed E-state index contributed by atoms with van der Waals surface area (Å²) in [7, 11) is 1.50. The van der Waals surface area contributed by atoms with E-state index < -0.39 is 47.2 Å². The van der Waals surface area contributed by atoms with Crippen LogP contribution < -0.4 is 0 Å². The van der Waals surface area contributed by atoms with Crippen molar-refractivity contribution in [1.29, 1.82) is 0 Å². The second-order valence-corrected chi connectivity index (χ2v) is 10.6. The molecule has 6 nitrogen and oxygen atoms in total. The van der Waals surface area contributed by atoms with Gasteiger partial charge in [-0.2, -0.15) is 0 Å². The maximum atomic E-state index is 14.4. The highest BCUT2D eigenvalue weighted by Gasteiger charge is 2.78. The molecular weight excluding hydrogens is 394 g/mol. The number of aliphatic hydroxyl groups is 2. The first-order valence-electron chi connectivity index (χ1n) is 11.5. The topological polar surface area (TPSA) is 94.9 Å². The molecule has 1 amide bonds. The van der Waals surface area contributed by atoms with Crippen molar-refractivity contribution in [3.63, 3.8) is 0 Å². The highest BCUT2D eigenvalue weighted by atomic mass is 16.3. The number of fused-ring (bicyclic) bond motifs is 3. The summed E-state index contributed by atoms with van der Waals surface area (Å²) in [6.07, 6.45) is 7.78. The van der Waals surface area contributed by atoms with Crippen LogP contribution in [0.2, 0.25) is 0 Å². The number of ketones is 2. The quantitative estimate of drug-likeness (QED) is 0.530. The number of amides is 1. The fourth-order valence-corrected chi connectivity index (χ4v) is 7.51. The van der Waals surface area contributed by atoms with Crippen LogP contribution in [0.1, 0.15) is 47.0 Å². The molecule has 0 bridgehead atoms. The lowest BCUT2D eigenvalue weighted by molar-refractivity contribution is -0.151. The average Bonchev–Trinajstić information content (AvgIpc) is 3.02. The van der Waals surface area contributed by atoms with Crippen LogP contribution in [0.4, 0.5) is 0 Å². The van der Waals surface area contributed by atoms with Gasteiger partial charge in [-0.1, -0.05) is 44.1 Å². The Labute approximate surface area is 184 Å². The molecule has 0 aromatic heterocycles. The summed E-state index contributed by atoms with van der Waals surface area (Å²) in [5.41, 5.74) is -1.59. The smallest absolute Gasteiger partial charge is 0.245 e. The molecule has 1 aliphatic heterocycles. The minimum absolute atomic E-state index is 0.0887. The van der Waals surface area contributed by atoms with Crippen LogP contribution in [0.3, 0.4) is 0 Å². The molecule has 4 rings (SSSR count). The van der Waals surface area contributed by atoms with Gasteiger partial charge in [0.05, 0.1) is 12.7 Å². The summed E-state index contributed by atoms with van der Waals surface area (Å²) in [5.74, 6) is -1.27. The second kappa shape index (κ2) is 7.38. The third-order valence-corrected chi connectivity index (χ3v) is 8.84. The van der Waals surface area contributed by atoms with Crippen LogP contribution in [-0.2, 0) is 14.4 Å². The molecule has 9 atom stereocenters. The standard InChI is InChI=1S/C25H35NO5/c1-13-6-8-17-16(10-13)11-14(2)20-18(9-7-15(3)28)25(22(30)24(17,20)4)21(29)19(12-27)26(5)23(25)31/h7,9,11,13,15-20,27-28H,6,8,10,12H2,1-5H3/t13-,15-,16+,17-,18+,19-,20+,24+,25-/m0/s1. The number of carbonyl (C=O) groups excluding carboxylic acids is 3. The number of carbonyl (C=O) groups is 3. The lowest BCUT2D eigenvalue weighted by Gasteiger charge is -2.49. The first kappa shape index (κ1) is 22.4. The number of rotatable bonds is 3. The SMILES string of the molecule is CC1=C[C@H]2C[C@@H](C)CC[C@@H]2[C@@]2(C)C(=O)[C@@]3(C(=O)[C@H](CO)N(C)C3=O)[C@H](C=C[C@H](C)O)[C@@H]12. The predicted octanol–water partition coefficient (Wildman–Crippen LogP) is 2.15. The van der Waals surface area contributed by atoms with Crippen molar-refractivity contribution >= 4 is 17.5 Å². The van der Waals surface area contributed by atoms with Gasteiger partial charge in [-0.15, -0.1) is 0 Å². The molecule has 6 heteroatoms. The fourth-order valence-electron chi connectivity index (χ4n) is 7.51. The van der Waals surface area contributed by atoms with Crippen LogP contribution >= 0.6 is 0 Å². The van der Waals surface area contributed by atoms with Gasteiger partial charge in [-0.25, -0.2) is 0 Å². The van der Waals surface area contributed by atoms with Gasteiger partial charge >= 0.3 is 0 Å². The molecule has 3 fully saturated rings. The molecule has 3 aliphatic carbocycles. The van der Waals surface area contributed by atoms with E-state index in [9.17, 15) is 24.6 Å². The maximum Gasteiger partial charge on any atom is 0.245 e. The summed E-state index contributed by atoms with van der Waals surface area (Å²) in [4.78, 5) is 43.0. The van der Waals surface area contributed by atoms with E-state index in [0.717, 1.165) is 24.8 Å². The van der Waals surface area contributed by atoms with Crippen molar-refractivity contribution in [2.45, 2.75) is 59.1 Å². The molecule has 2 N–H and O–H groups in total. The van der Waals surface area contributed by atoms with Crippen LogP contribution in [0.5, 0.6) is 0 Å². The minimum Gasteiger partial charge on any atom is -0.394 e. The largest absolute Gasteiger partial charge is 0.394 e. The number of allylic oxidation sites excluding steroid dienone is 3. The van der Waals surface area contributed by atoms with Gasteiger partial charge in [0.25, 0.3) is 0 Å². The van der Waals surface area contributed by atoms with Gasteiger partial charge in [0.15, 0.2) is 17.0 Å². The Morgan fingerprint density at radius 3 is 2.55 bits per heavy atom. The minimum atomic E-state index is -1.82. The fraction of sp³-hybridized carbons (Fsp3) is 0.720. The molecule has 4 aliphatic rings. The van der Waals surface area contributed by atoms with E-state index in [2.05, 4.69) is 13.0 Å². The predicted molar refractivity (Wildman–Crippen MR) is 116 cm³/mol. The molecule has 1 spiro atoms. The highest BCUT2D eigenvalue weighted by molar-refractivity contribution is 6.31. The summed E-state index contributed by atoms with van der Waals surface area (Å²) >= 11 is 0. The van der Waals surface area contributed by atoms with E-state index in [1.165, 1.54) is 11.9 Å². The second-order valence-electron chi connectivity index (χ2n) is 10.6. The number of likely N-dealkylation sites (tertiary alicyclic amines) is 1. The Hall–Kier alpha value is -1.79. The summed E-state index contributed by atoms with van der Waals surface area (Å²) in [6.45, 7) is 7.34. The van der Waals surface area contributed by atoms with Crippen molar-refractivity contribution in [1.82, 2.24) is 4.90 Å². The first-order valence-corrected chi connectivity index (χ1v) is 11.5. The zero-order chi connectivity index (χ0) is 22.9. The van der Waals surface area contributed by atoms with Crippen LogP contribution in [0.25, 0.3) is 0 Å². The number of nitrogens with zero attached hydrogens (tertiary/aromatic N) is 1. The van der Waals surface area contributed by atoms with E-state index in [-0.39, 0.29) is 23.5 Å². The van der Waals surface area contributed by atoms with Crippen LogP contribution in [-0.4, -0.2) is 58.4 Å². The van der Waals surface area contributed by atoms with E-state index in [0.29, 0.717) is 5.92 Å². The van der Waals surface area contributed by atoms with Gasteiger partial charge in [0.1, 0.15) is 6.04 Å². The Bertz CT molecular complexity index is 875. The number of Topliss-reactive ketones (excluding diaryl/α,β-unsaturated/α-hetero) is 2. The Kier molecular flexibility index (Phi) is 5.33. The molecular formula is C25H35NO5. The van der Waals surface area contributed by atoms with Gasteiger partial charge in [-0.3, -0.25) is 14.4 Å². The van der Waals surface area contributed by atoms with Crippen LogP contribution in [0, 0.1) is 40.4 Å². The zero-order valence-corrected chi connectivity index (χ0v) is 19.2. The first-order chi connectivity index (χ1) is 14.5. The molecule has 31 heavy (non-hydrogen) atoms. The Morgan fingerprint density at radius 2 is 1.97 bits per heavy atom. The zero-order valence-electron chi connectivity index (χ0n) is 19.2. The molecule has 170 valence electrons. The summed E-state index contributed by atoms with van der Waals surface area (Å²) in [5, 5.41) is 19.8. The highest BCUT2D eigenvalue weighted by Crippen LogP contribution is 2.67. The molecule has 0 radical (unpaired) electrons. The average molecular weight is 430 g/mol. The van der Waals surface area contributed by atoms with Gasteiger partial charge in [0.2, 0.25) is 5.91 Å². The maximum absolute atomic E-state index is 14.4. The number of likely N-dealkylation sites (N-methyl/N-ethyl adjacent to an activating group) is 1. The van der Waals surface area contributed by atoms with E-state index >= 15 is 0 Å². The van der Waals surface area contributed by atoms with Crippen molar-refractivity contribution in [2.75, 3.05) is 13.7 Å². The van der Waals surface area contributed by atoms with E-state index in [1.807, 2.05) is 13.8 Å². The number of hydrogen-bond donors (Lipinski definition) is 2. The third kappa shape index (κ3) is 2.73. The molecule has 0 aromatic rings. The van der Waals surface area contributed by atoms with Gasteiger partial charge in [-0.05, 0) is 44.4 Å². The molecule has 0 unspecified atom stereocenters. The normalized spacial score (nSPS) is 46.0. The van der Waals surface area contributed by atoms with Crippen molar-refractivity contribution < 1.29 is 24.6 Å².